The Morgan fingerprint density at radius 1 is 1.27 bits per heavy atom. The van der Waals surface area contributed by atoms with Gasteiger partial charge in [0, 0.05) is 57.9 Å². The quantitative estimate of drug-likeness (QED) is 0.694. The van der Waals surface area contributed by atoms with Crippen LogP contribution in [-0.4, -0.2) is 70.3 Å². The average Bonchev–Trinajstić information content (AvgIpc) is 2.53. The first kappa shape index (κ1) is 17.2. The topological polar surface area (TPSA) is 39.8 Å². The monoisotopic (exact) mass is 306 g/mol. The smallest absolute Gasteiger partial charge is 0.123 e. The minimum atomic E-state index is 0.852. The molecule has 1 aliphatic heterocycles. The Hall–Kier alpha value is -1.14. The van der Waals surface area contributed by atoms with Crippen LogP contribution >= 0.6 is 0 Å². The van der Waals surface area contributed by atoms with E-state index in [1.54, 1.807) is 7.11 Å². The Kier molecular flexibility index (Phi) is 7.12. The second kappa shape index (κ2) is 9.10. The van der Waals surface area contributed by atoms with Gasteiger partial charge in [0.25, 0.3) is 0 Å². The largest absolute Gasteiger partial charge is 0.496 e. The van der Waals surface area contributed by atoms with Crippen LogP contribution in [0.4, 0.5) is 0 Å². The van der Waals surface area contributed by atoms with E-state index < -0.39 is 0 Å². The van der Waals surface area contributed by atoms with Gasteiger partial charge in [0.15, 0.2) is 0 Å². The summed E-state index contributed by atoms with van der Waals surface area (Å²) in [5.41, 5.74) is 2.56. The van der Waals surface area contributed by atoms with Gasteiger partial charge < -0.3 is 20.3 Å². The van der Waals surface area contributed by atoms with E-state index in [0.717, 1.165) is 58.1 Å². The van der Waals surface area contributed by atoms with Crippen molar-refractivity contribution in [3.05, 3.63) is 29.3 Å². The summed E-state index contributed by atoms with van der Waals surface area (Å²) in [5, 5.41) is 6.86. The maximum absolute atomic E-state index is 5.57. The zero-order chi connectivity index (χ0) is 15.8. The lowest BCUT2D eigenvalue weighted by atomic mass is 10.1. The Morgan fingerprint density at radius 2 is 2.05 bits per heavy atom. The fraction of sp³-hybridized carbons (Fsp3) is 0.647. The summed E-state index contributed by atoms with van der Waals surface area (Å²) in [5.74, 6) is 0.991. The molecule has 1 saturated heterocycles. The number of likely N-dealkylation sites (N-methyl/N-ethyl adjacent to an activating group) is 1. The first-order chi connectivity index (χ1) is 10.7. The van der Waals surface area contributed by atoms with Crippen molar-refractivity contribution >= 4 is 0 Å². The van der Waals surface area contributed by atoms with E-state index in [1.165, 1.54) is 11.1 Å². The van der Waals surface area contributed by atoms with Crippen LogP contribution in [0.15, 0.2) is 18.2 Å². The molecular formula is C17H30N4O. The molecule has 2 N–H and O–H groups in total. The summed E-state index contributed by atoms with van der Waals surface area (Å²) >= 11 is 0. The lowest BCUT2D eigenvalue weighted by Crippen LogP contribution is -2.42. The second-order valence-electron chi connectivity index (χ2n) is 6.15. The normalized spacial score (nSPS) is 16.2. The Balaban J connectivity index is 1.88. The Labute approximate surface area is 134 Å². The van der Waals surface area contributed by atoms with E-state index >= 15 is 0 Å². The van der Waals surface area contributed by atoms with E-state index in [0.29, 0.717) is 0 Å². The van der Waals surface area contributed by atoms with Crippen molar-refractivity contribution in [2.75, 3.05) is 60.5 Å². The van der Waals surface area contributed by atoms with Crippen molar-refractivity contribution in [1.29, 1.82) is 0 Å². The number of nitrogens with zero attached hydrogens (tertiary/aromatic N) is 2. The van der Waals surface area contributed by atoms with Gasteiger partial charge in [-0.25, -0.2) is 0 Å². The number of methoxy groups -OCH3 is 1. The van der Waals surface area contributed by atoms with Gasteiger partial charge >= 0.3 is 0 Å². The van der Waals surface area contributed by atoms with Crippen molar-refractivity contribution in [3.63, 3.8) is 0 Å². The molecule has 0 saturated carbocycles. The molecule has 0 amide bonds. The first-order valence-electron chi connectivity index (χ1n) is 8.13. The summed E-state index contributed by atoms with van der Waals surface area (Å²) in [6.45, 7) is 8.31. The highest BCUT2D eigenvalue weighted by atomic mass is 16.5. The van der Waals surface area contributed by atoms with Gasteiger partial charge in [0.05, 0.1) is 7.11 Å². The maximum Gasteiger partial charge on any atom is 0.123 e. The van der Waals surface area contributed by atoms with Crippen LogP contribution in [0.3, 0.4) is 0 Å². The fourth-order valence-corrected chi connectivity index (χ4v) is 2.69. The summed E-state index contributed by atoms with van der Waals surface area (Å²) in [6, 6.07) is 6.61. The maximum atomic E-state index is 5.57. The molecule has 124 valence electrons. The van der Waals surface area contributed by atoms with Gasteiger partial charge in [-0.05, 0) is 25.7 Å². The van der Waals surface area contributed by atoms with Crippen molar-refractivity contribution in [2.24, 2.45) is 0 Å². The number of nitrogens with one attached hydrogen (secondary N) is 2. The van der Waals surface area contributed by atoms with Crippen LogP contribution in [0.25, 0.3) is 0 Å². The third-order valence-electron chi connectivity index (χ3n) is 4.02. The third-order valence-corrected chi connectivity index (χ3v) is 4.02. The molecule has 2 rings (SSSR count). The standard InChI is InChI=1S/C17H30N4O/c1-20(2)9-6-19-13-16-5-4-15(12-17(16)22-3)14-21-10-7-18-8-11-21/h4-5,12,18-19H,6-11,13-14H2,1-3H3. The van der Waals surface area contributed by atoms with Crippen LogP contribution in [-0.2, 0) is 13.1 Å². The Bertz CT molecular complexity index is 444. The highest BCUT2D eigenvalue weighted by Crippen LogP contribution is 2.21. The zero-order valence-corrected chi connectivity index (χ0v) is 14.2. The molecule has 0 unspecified atom stereocenters. The molecule has 0 aromatic heterocycles. The van der Waals surface area contributed by atoms with E-state index in [9.17, 15) is 0 Å². The molecule has 1 aliphatic rings. The minimum absolute atomic E-state index is 0.852. The predicted octanol–water partition coefficient (Wildman–Crippen LogP) is 0.752. The molecule has 1 aromatic rings. The second-order valence-corrected chi connectivity index (χ2v) is 6.15. The molecule has 0 atom stereocenters. The predicted molar refractivity (Wildman–Crippen MR) is 91.4 cm³/mol. The summed E-state index contributed by atoms with van der Waals surface area (Å²) in [7, 11) is 5.94. The van der Waals surface area contributed by atoms with E-state index in [-0.39, 0.29) is 0 Å². The van der Waals surface area contributed by atoms with Gasteiger partial charge in [0.2, 0.25) is 0 Å². The lowest BCUT2D eigenvalue weighted by molar-refractivity contribution is 0.233. The number of ether oxygens (including phenoxy) is 1. The SMILES string of the molecule is COc1cc(CN2CCNCC2)ccc1CNCCN(C)C. The van der Waals surface area contributed by atoms with Crippen LogP contribution < -0.4 is 15.4 Å². The highest BCUT2D eigenvalue weighted by Gasteiger charge is 2.11. The zero-order valence-electron chi connectivity index (χ0n) is 14.2. The third kappa shape index (κ3) is 5.57. The minimum Gasteiger partial charge on any atom is -0.496 e. The first-order valence-corrected chi connectivity index (χ1v) is 8.13. The number of piperazine rings is 1. The lowest BCUT2D eigenvalue weighted by Gasteiger charge is -2.27. The van der Waals surface area contributed by atoms with Crippen LogP contribution in [0, 0.1) is 0 Å². The molecule has 1 fully saturated rings. The van der Waals surface area contributed by atoms with Crippen molar-refractivity contribution in [3.8, 4) is 5.75 Å². The molecule has 0 spiro atoms. The Morgan fingerprint density at radius 3 is 2.73 bits per heavy atom. The highest BCUT2D eigenvalue weighted by molar-refractivity contribution is 5.37. The van der Waals surface area contributed by atoms with Crippen molar-refractivity contribution in [2.45, 2.75) is 13.1 Å². The van der Waals surface area contributed by atoms with Crippen molar-refractivity contribution < 1.29 is 4.74 Å². The fourth-order valence-electron chi connectivity index (χ4n) is 2.69. The van der Waals surface area contributed by atoms with Crippen molar-refractivity contribution in [1.82, 2.24) is 20.4 Å². The molecular weight excluding hydrogens is 276 g/mol. The molecule has 1 heterocycles. The number of hydrogen-bond acceptors (Lipinski definition) is 5. The molecule has 5 heteroatoms. The average molecular weight is 306 g/mol. The van der Waals surface area contributed by atoms with Gasteiger partial charge in [0.1, 0.15) is 5.75 Å². The van der Waals surface area contributed by atoms with Crippen LogP contribution in [0.2, 0.25) is 0 Å². The van der Waals surface area contributed by atoms with Crippen LogP contribution in [0.1, 0.15) is 11.1 Å². The van der Waals surface area contributed by atoms with Gasteiger partial charge in [-0.1, -0.05) is 12.1 Å². The molecule has 1 aromatic carbocycles. The molecule has 22 heavy (non-hydrogen) atoms. The number of hydrogen-bond donors (Lipinski definition) is 2. The number of benzene rings is 1. The molecule has 0 radical (unpaired) electrons. The molecule has 0 aliphatic carbocycles. The summed E-state index contributed by atoms with van der Waals surface area (Å²) < 4.78 is 5.57. The molecule has 0 bridgehead atoms. The van der Waals surface area contributed by atoms with Gasteiger partial charge in [-0.2, -0.15) is 0 Å². The van der Waals surface area contributed by atoms with Gasteiger partial charge in [-0.3, -0.25) is 4.90 Å². The van der Waals surface area contributed by atoms with E-state index in [1.807, 2.05) is 0 Å². The van der Waals surface area contributed by atoms with E-state index in [2.05, 4.69) is 52.7 Å². The van der Waals surface area contributed by atoms with Gasteiger partial charge in [-0.15, -0.1) is 0 Å². The molecule has 5 nitrogen and oxygen atoms in total. The summed E-state index contributed by atoms with van der Waals surface area (Å²) in [4.78, 5) is 4.67. The van der Waals surface area contributed by atoms with E-state index in [4.69, 9.17) is 4.74 Å². The van der Waals surface area contributed by atoms with Crippen LogP contribution in [0.5, 0.6) is 5.75 Å². The summed E-state index contributed by atoms with van der Waals surface area (Å²) in [6.07, 6.45) is 0. The number of rotatable bonds is 8.